The van der Waals surface area contributed by atoms with Crippen LogP contribution in [-0.4, -0.2) is 35.7 Å². The Kier molecular flexibility index (Phi) is 3.89. The molecule has 0 bridgehead atoms. The van der Waals surface area contributed by atoms with Crippen molar-refractivity contribution in [3.63, 3.8) is 0 Å². The van der Waals surface area contributed by atoms with E-state index in [1.165, 1.54) is 0 Å². The first-order valence-corrected chi connectivity index (χ1v) is 5.24. The van der Waals surface area contributed by atoms with Crippen molar-refractivity contribution in [2.45, 2.75) is 45.4 Å². The van der Waals surface area contributed by atoms with Crippen LogP contribution in [0.15, 0.2) is 0 Å². The number of hydrogen-bond donors (Lipinski definition) is 3. The third kappa shape index (κ3) is 2.69. The van der Waals surface area contributed by atoms with Crippen LogP contribution in [0.4, 0.5) is 0 Å². The lowest BCUT2D eigenvalue weighted by Gasteiger charge is -2.21. The van der Waals surface area contributed by atoms with E-state index in [0.717, 1.165) is 13.0 Å². The highest BCUT2D eigenvalue weighted by atomic mass is 16.3. The second-order valence-electron chi connectivity index (χ2n) is 4.18. The van der Waals surface area contributed by atoms with Gasteiger partial charge < -0.3 is 15.7 Å². The van der Waals surface area contributed by atoms with Crippen LogP contribution in [0.3, 0.4) is 0 Å². The van der Waals surface area contributed by atoms with E-state index in [0.29, 0.717) is 0 Å². The van der Waals surface area contributed by atoms with Crippen molar-refractivity contribution in [1.82, 2.24) is 10.6 Å². The molecule has 1 amide bonds. The summed E-state index contributed by atoms with van der Waals surface area (Å²) in [6.07, 6.45) is 0.392. The van der Waals surface area contributed by atoms with E-state index in [1.807, 2.05) is 13.8 Å². The van der Waals surface area contributed by atoms with Crippen molar-refractivity contribution in [3.05, 3.63) is 0 Å². The zero-order valence-corrected chi connectivity index (χ0v) is 9.08. The predicted octanol–water partition coefficient (Wildman–Crippen LogP) is -0.130. The highest BCUT2D eigenvalue weighted by Crippen LogP contribution is 2.15. The van der Waals surface area contributed by atoms with Gasteiger partial charge >= 0.3 is 0 Å². The molecule has 0 saturated carbocycles. The third-order valence-electron chi connectivity index (χ3n) is 2.96. The molecule has 4 atom stereocenters. The fourth-order valence-corrected chi connectivity index (χ4v) is 1.67. The van der Waals surface area contributed by atoms with Crippen molar-refractivity contribution in [2.24, 2.45) is 5.92 Å². The molecule has 0 aromatic rings. The van der Waals surface area contributed by atoms with Gasteiger partial charge in [0.15, 0.2) is 0 Å². The van der Waals surface area contributed by atoms with Gasteiger partial charge in [-0.1, -0.05) is 0 Å². The fraction of sp³-hybridized carbons (Fsp3) is 0.900. The van der Waals surface area contributed by atoms with E-state index in [4.69, 9.17) is 0 Å². The molecule has 0 aliphatic carbocycles. The molecule has 4 heteroatoms. The summed E-state index contributed by atoms with van der Waals surface area (Å²) >= 11 is 0. The van der Waals surface area contributed by atoms with Gasteiger partial charge in [0.25, 0.3) is 0 Å². The van der Waals surface area contributed by atoms with Gasteiger partial charge in [0.1, 0.15) is 0 Å². The molecule has 14 heavy (non-hydrogen) atoms. The molecule has 1 aliphatic rings. The Labute approximate surface area is 85.1 Å². The standard InChI is InChI=1S/C10H20N2O2/c1-6(8(3)13)12-10(14)9-4-5-11-7(9)2/h6-9,11,13H,4-5H2,1-3H3,(H,12,14). The minimum atomic E-state index is -0.497. The second kappa shape index (κ2) is 4.75. The summed E-state index contributed by atoms with van der Waals surface area (Å²) < 4.78 is 0. The average molecular weight is 200 g/mol. The monoisotopic (exact) mass is 200 g/mol. The molecule has 0 spiro atoms. The van der Waals surface area contributed by atoms with Crippen molar-refractivity contribution < 1.29 is 9.90 Å². The van der Waals surface area contributed by atoms with Crippen LogP contribution >= 0.6 is 0 Å². The Hall–Kier alpha value is -0.610. The van der Waals surface area contributed by atoms with Gasteiger partial charge in [0.05, 0.1) is 18.1 Å². The SMILES string of the molecule is CC(O)C(C)NC(=O)C1CCNC1C. The minimum absolute atomic E-state index is 0.0518. The van der Waals surface area contributed by atoms with Crippen LogP contribution < -0.4 is 10.6 Å². The Morgan fingerprint density at radius 3 is 2.64 bits per heavy atom. The van der Waals surface area contributed by atoms with Gasteiger partial charge in [-0.15, -0.1) is 0 Å². The highest BCUT2D eigenvalue weighted by Gasteiger charge is 2.30. The van der Waals surface area contributed by atoms with Crippen LogP contribution in [0.1, 0.15) is 27.2 Å². The maximum absolute atomic E-state index is 11.7. The van der Waals surface area contributed by atoms with Crippen LogP contribution in [-0.2, 0) is 4.79 Å². The molecule has 1 heterocycles. The molecule has 1 aliphatic heterocycles. The Bertz CT molecular complexity index is 206. The van der Waals surface area contributed by atoms with Crippen LogP contribution in [0.25, 0.3) is 0 Å². The number of aliphatic hydroxyl groups excluding tert-OH is 1. The molecule has 82 valence electrons. The van der Waals surface area contributed by atoms with Gasteiger partial charge in [-0.25, -0.2) is 0 Å². The Balaban J connectivity index is 2.41. The van der Waals surface area contributed by atoms with Gasteiger partial charge in [-0.05, 0) is 33.7 Å². The summed E-state index contributed by atoms with van der Waals surface area (Å²) in [6.45, 7) is 6.42. The van der Waals surface area contributed by atoms with E-state index in [9.17, 15) is 9.90 Å². The largest absolute Gasteiger partial charge is 0.391 e. The van der Waals surface area contributed by atoms with E-state index >= 15 is 0 Å². The second-order valence-corrected chi connectivity index (χ2v) is 4.18. The average Bonchev–Trinajstić information content (AvgIpc) is 2.51. The third-order valence-corrected chi connectivity index (χ3v) is 2.96. The maximum atomic E-state index is 11.7. The lowest BCUT2D eigenvalue weighted by molar-refractivity contribution is -0.126. The summed E-state index contributed by atoms with van der Waals surface area (Å²) in [7, 11) is 0. The number of aliphatic hydroxyl groups is 1. The maximum Gasteiger partial charge on any atom is 0.225 e. The number of nitrogens with one attached hydrogen (secondary N) is 2. The number of carbonyl (C=O) groups is 1. The van der Waals surface area contributed by atoms with Gasteiger partial charge in [0.2, 0.25) is 5.91 Å². The molecule has 1 fully saturated rings. The lowest BCUT2D eigenvalue weighted by atomic mass is 10.0. The van der Waals surface area contributed by atoms with Crippen molar-refractivity contribution in [3.8, 4) is 0 Å². The quantitative estimate of drug-likeness (QED) is 0.595. The van der Waals surface area contributed by atoms with Crippen molar-refractivity contribution in [2.75, 3.05) is 6.54 Å². The van der Waals surface area contributed by atoms with Crippen LogP contribution in [0.2, 0.25) is 0 Å². The summed E-state index contributed by atoms with van der Waals surface area (Å²) in [6, 6.07) is 0.0755. The zero-order chi connectivity index (χ0) is 10.7. The van der Waals surface area contributed by atoms with E-state index in [1.54, 1.807) is 6.92 Å². The molecule has 3 N–H and O–H groups in total. The predicted molar refractivity (Wildman–Crippen MR) is 54.9 cm³/mol. The summed E-state index contributed by atoms with van der Waals surface area (Å²) in [5.74, 6) is 0.104. The lowest BCUT2D eigenvalue weighted by Crippen LogP contribution is -2.45. The summed E-state index contributed by atoms with van der Waals surface area (Å²) in [5.41, 5.74) is 0. The molecular weight excluding hydrogens is 180 g/mol. The van der Waals surface area contributed by atoms with Crippen molar-refractivity contribution >= 4 is 5.91 Å². The van der Waals surface area contributed by atoms with Gasteiger partial charge in [-0.3, -0.25) is 4.79 Å². The first-order valence-electron chi connectivity index (χ1n) is 5.24. The molecule has 1 rings (SSSR count). The number of rotatable bonds is 3. The molecule has 4 nitrogen and oxygen atoms in total. The van der Waals surface area contributed by atoms with Gasteiger partial charge in [0, 0.05) is 6.04 Å². The highest BCUT2D eigenvalue weighted by molar-refractivity contribution is 5.80. The first kappa shape index (κ1) is 11.5. The number of hydrogen-bond acceptors (Lipinski definition) is 3. The smallest absolute Gasteiger partial charge is 0.225 e. The molecule has 0 aromatic heterocycles. The zero-order valence-electron chi connectivity index (χ0n) is 9.08. The van der Waals surface area contributed by atoms with E-state index in [2.05, 4.69) is 10.6 Å². The fourth-order valence-electron chi connectivity index (χ4n) is 1.67. The Morgan fingerprint density at radius 1 is 1.57 bits per heavy atom. The number of amides is 1. The summed E-state index contributed by atoms with van der Waals surface area (Å²) in [4.78, 5) is 11.7. The number of carbonyl (C=O) groups excluding carboxylic acids is 1. The van der Waals surface area contributed by atoms with E-state index in [-0.39, 0.29) is 23.9 Å². The normalized spacial score (nSPS) is 31.1. The van der Waals surface area contributed by atoms with E-state index < -0.39 is 6.10 Å². The van der Waals surface area contributed by atoms with Crippen LogP contribution in [0.5, 0.6) is 0 Å². The Morgan fingerprint density at radius 2 is 2.21 bits per heavy atom. The first-order chi connectivity index (χ1) is 6.52. The van der Waals surface area contributed by atoms with Gasteiger partial charge in [-0.2, -0.15) is 0 Å². The topological polar surface area (TPSA) is 61.4 Å². The van der Waals surface area contributed by atoms with Crippen LogP contribution in [0, 0.1) is 5.92 Å². The minimum Gasteiger partial charge on any atom is -0.391 e. The molecule has 0 aromatic carbocycles. The molecular formula is C10H20N2O2. The molecule has 0 radical (unpaired) electrons. The van der Waals surface area contributed by atoms with Crippen molar-refractivity contribution in [1.29, 1.82) is 0 Å². The molecule has 1 saturated heterocycles. The molecule has 4 unspecified atom stereocenters. The summed E-state index contributed by atoms with van der Waals surface area (Å²) in [5, 5.41) is 15.3.